The van der Waals surface area contributed by atoms with Gasteiger partial charge in [-0.15, -0.1) is 0 Å². The molecule has 0 spiro atoms. The molecule has 20 N–H and O–H groups in total. The quantitative estimate of drug-likeness (QED) is 0.0317. The SMILES string of the molecule is COc1c(O)c(O)c(-n2nc(C(N)=O)c3c2C(=O)N(c2ccc(N4C(=O)C(O)(O)CC(COc5c(O)c(O)c(-n6nc(C(N)=O)c7c6C(=O)N(c6ccc(N8CC(O)(O)C(O)(O)CC8=O)cc6)CC7)c(O)c5O)C4(O)O)cc2)CC3)c(O)c1O. The minimum Gasteiger partial charge on any atom is -0.503 e. The molecule has 6 amide bonds. The van der Waals surface area contributed by atoms with Gasteiger partial charge in [-0.05, 0) is 61.4 Å². The van der Waals surface area contributed by atoms with Crippen LogP contribution in [0.3, 0.4) is 0 Å². The monoisotopic (exact) mass is 1170 g/mol. The Morgan fingerprint density at radius 2 is 0.964 bits per heavy atom. The van der Waals surface area contributed by atoms with E-state index in [9.17, 15) is 110 Å². The molecular weight excluding hydrogens is 1120 g/mol. The molecule has 10 rings (SSSR count). The van der Waals surface area contributed by atoms with E-state index < -0.39 is 188 Å². The minimum atomic E-state index is -3.48. The number of rotatable bonds is 12. The van der Waals surface area contributed by atoms with E-state index in [4.69, 9.17) is 20.9 Å². The first-order valence-corrected chi connectivity index (χ1v) is 24.6. The number of ether oxygens (including phenoxy) is 2. The summed E-state index contributed by atoms with van der Waals surface area (Å²) in [5.74, 6) is -34.3. The lowest BCUT2D eigenvalue weighted by atomic mass is 9.88. The Kier molecular flexibility index (Phi) is 13.2. The fraction of sp³-hybridized carbons (Fsp3) is 0.280. The van der Waals surface area contributed by atoms with Crippen molar-refractivity contribution in [1.82, 2.24) is 19.6 Å². The zero-order chi connectivity index (χ0) is 61.3. The summed E-state index contributed by atoms with van der Waals surface area (Å²) in [5.41, 5.74) is 6.56. The lowest BCUT2D eigenvalue weighted by molar-refractivity contribution is -0.354. The topological polar surface area (TPSA) is 545 Å². The van der Waals surface area contributed by atoms with Gasteiger partial charge >= 0.3 is 0 Å². The molecule has 4 aliphatic rings. The third kappa shape index (κ3) is 8.58. The third-order valence-corrected chi connectivity index (χ3v) is 14.8. The Balaban J connectivity index is 0.909. The van der Waals surface area contributed by atoms with Crippen LogP contribution in [0.1, 0.15) is 65.9 Å². The standard InChI is InChI=1S/C50H48N10O24/c1-83-40-36(66)32(62)30(33(63)37(40)67)59-28-23(26(53-59)42(51)70)11-13-56(45(28)73)20-6-8-22(9-7-20)58-46(74)47(75,76)14-18(50(58,81)82)16-84-41-38(68)34(64)31(35(65)39(41)69)60-29-24(27(54-60)43(52)71)10-12-55(44(29)72)19-2-4-21(5-3-19)57-17-49(79,80)48(77,78)15-25(57)61/h2-9,18,62-69,75-82H,10-17H2,1H3,(H2,51,70)(H2,52,71). The second-order valence-corrected chi connectivity index (χ2v) is 19.8. The lowest BCUT2D eigenvalue weighted by Gasteiger charge is -2.47. The van der Waals surface area contributed by atoms with Gasteiger partial charge in [-0.3, -0.25) is 33.7 Å². The number of nitrogens with two attached hydrogens (primary N) is 2. The smallest absolute Gasteiger partial charge is 0.291 e. The Morgan fingerprint density at radius 3 is 1.37 bits per heavy atom. The van der Waals surface area contributed by atoms with E-state index in [0.29, 0.717) is 9.36 Å². The van der Waals surface area contributed by atoms with Crippen molar-refractivity contribution in [3.05, 3.63) is 82.4 Å². The number of aromatic nitrogens is 4. The summed E-state index contributed by atoms with van der Waals surface area (Å²) < 4.78 is 11.3. The Bertz CT molecular complexity index is 3780. The number of β-amino-alcohol motifs (C(OH)–C–C–N with tert-alkyl or cyclic N) is 2. The van der Waals surface area contributed by atoms with E-state index in [1.54, 1.807) is 0 Å². The van der Waals surface area contributed by atoms with Crippen LogP contribution < -0.4 is 40.5 Å². The van der Waals surface area contributed by atoms with Crippen molar-refractivity contribution in [1.29, 1.82) is 0 Å². The highest BCUT2D eigenvalue weighted by Crippen LogP contribution is 2.56. The molecule has 0 bridgehead atoms. The summed E-state index contributed by atoms with van der Waals surface area (Å²) in [5, 5.41) is 182. The number of carbonyl (C=O) groups is 6. The molecule has 0 aliphatic carbocycles. The Labute approximate surface area is 467 Å². The number of primary amides is 2. The van der Waals surface area contributed by atoms with E-state index in [1.807, 2.05) is 0 Å². The summed E-state index contributed by atoms with van der Waals surface area (Å²) in [7, 11) is 0.992. The highest BCUT2D eigenvalue weighted by atomic mass is 16.6. The molecule has 4 aromatic carbocycles. The van der Waals surface area contributed by atoms with E-state index in [2.05, 4.69) is 10.2 Å². The van der Waals surface area contributed by atoms with Crippen LogP contribution in [0, 0.1) is 5.92 Å². The molecule has 4 aliphatic heterocycles. The molecule has 1 unspecified atom stereocenters. The number of carbonyl (C=O) groups excluding carboxylic acids is 6. The van der Waals surface area contributed by atoms with Gasteiger partial charge < -0.3 is 117 Å². The summed E-state index contributed by atoms with van der Waals surface area (Å²) in [6, 6.07) is 9.50. The molecule has 34 nitrogen and oxygen atoms in total. The van der Waals surface area contributed by atoms with Crippen LogP contribution in [-0.2, 0) is 22.4 Å². The van der Waals surface area contributed by atoms with Crippen molar-refractivity contribution < 1.29 is 120 Å². The number of amides is 6. The van der Waals surface area contributed by atoms with Crippen molar-refractivity contribution in [2.24, 2.45) is 17.4 Å². The predicted octanol–water partition coefficient (Wildman–Crippen LogP) is -3.84. The van der Waals surface area contributed by atoms with Crippen LogP contribution in [0.5, 0.6) is 57.5 Å². The normalized spacial score (nSPS) is 18.8. The summed E-state index contributed by atoms with van der Waals surface area (Å²) >= 11 is 0. The number of phenols is 8. The number of benzene rings is 4. The average Bonchev–Trinajstić information content (AvgIpc) is 2.81. The van der Waals surface area contributed by atoms with E-state index >= 15 is 0 Å². The van der Waals surface area contributed by atoms with Gasteiger partial charge in [0.25, 0.3) is 35.4 Å². The Morgan fingerprint density at radius 1 is 0.571 bits per heavy atom. The molecule has 6 aromatic rings. The third-order valence-electron chi connectivity index (χ3n) is 14.8. The van der Waals surface area contributed by atoms with Crippen LogP contribution >= 0.6 is 0 Å². The molecule has 0 radical (unpaired) electrons. The van der Waals surface area contributed by atoms with Gasteiger partial charge in [0.1, 0.15) is 11.4 Å². The molecule has 6 heterocycles. The maximum atomic E-state index is 14.4. The minimum absolute atomic E-state index is 0.0199. The van der Waals surface area contributed by atoms with E-state index in [-0.39, 0.29) is 59.0 Å². The first-order valence-electron chi connectivity index (χ1n) is 24.6. The van der Waals surface area contributed by atoms with Crippen LogP contribution in [0.4, 0.5) is 22.7 Å². The number of aromatic hydroxyl groups is 8. The van der Waals surface area contributed by atoms with Gasteiger partial charge in [-0.25, -0.2) is 9.36 Å². The molecule has 2 aromatic heterocycles. The lowest BCUT2D eigenvalue weighted by Crippen LogP contribution is -2.69. The highest BCUT2D eigenvalue weighted by Gasteiger charge is 2.59. The van der Waals surface area contributed by atoms with Crippen LogP contribution in [-0.4, -0.2) is 193 Å². The average molecular weight is 1170 g/mol. The summed E-state index contributed by atoms with van der Waals surface area (Å²) in [6.07, 6.45) is -2.67. The van der Waals surface area contributed by atoms with E-state index in [0.717, 1.165) is 46.1 Å². The predicted molar refractivity (Wildman–Crippen MR) is 274 cm³/mol. The number of phenolic OH excluding ortho intramolecular Hbond substituents is 8. The number of fused-ring (bicyclic) bond motifs is 2. The van der Waals surface area contributed by atoms with Crippen LogP contribution in [0.25, 0.3) is 11.4 Å². The molecule has 2 fully saturated rings. The summed E-state index contributed by atoms with van der Waals surface area (Å²) in [6.45, 7) is -2.56. The van der Waals surface area contributed by atoms with Crippen molar-refractivity contribution >= 4 is 58.2 Å². The van der Waals surface area contributed by atoms with Gasteiger partial charge in [0, 0.05) is 53.4 Å². The number of nitrogens with zero attached hydrogens (tertiary/aromatic N) is 8. The van der Waals surface area contributed by atoms with Crippen molar-refractivity contribution in [2.45, 2.75) is 49.0 Å². The van der Waals surface area contributed by atoms with E-state index in [1.165, 1.54) is 24.3 Å². The fourth-order valence-electron chi connectivity index (χ4n) is 10.4. The fourth-order valence-corrected chi connectivity index (χ4v) is 10.4. The largest absolute Gasteiger partial charge is 0.503 e. The molecule has 442 valence electrons. The maximum absolute atomic E-state index is 14.4. The number of methoxy groups -OCH3 is 1. The first kappa shape index (κ1) is 57.1. The molecule has 34 heteroatoms. The summed E-state index contributed by atoms with van der Waals surface area (Å²) in [4.78, 5) is 83.2. The zero-order valence-corrected chi connectivity index (χ0v) is 43.0. The van der Waals surface area contributed by atoms with Gasteiger partial charge in [-0.2, -0.15) is 10.2 Å². The number of anilines is 4. The Hall–Kier alpha value is -10.2. The number of aliphatic hydroxyl groups is 8. The number of hydrogen-bond donors (Lipinski definition) is 18. The van der Waals surface area contributed by atoms with Crippen LogP contribution in [0.15, 0.2) is 48.5 Å². The van der Waals surface area contributed by atoms with Crippen LogP contribution in [0.2, 0.25) is 0 Å². The van der Waals surface area contributed by atoms with Crippen molar-refractivity contribution in [3.63, 3.8) is 0 Å². The van der Waals surface area contributed by atoms with Gasteiger partial charge in [-0.1, -0.05) is 0 Å². The van der Waals surface area contributed by atoms with Gasteiger partial charge in [0.15, 0.2) is 45.8 Å². The molecule has 2 saturated heterocycles. The first-order chi connectivity index (χ1) is 39.3. The maximum Gasteiger partial charge on any atom is 0.291 e. The second-order valence-electron chi connectivity index (χ2n) is 19.8. The van der Waals surface area contributed by atoms with Gasteiger partial charge in [0.2, 0.25) is 57.8 Å². The molecule has 0 saturated carbocycles. The second kappa shape index (κ2) is 19.5. The molecule has 84 heavy (non-hydrogen) atoms. The number of piperidine rings is 2. The number of hydrogen-bond acceptors (Lipinski definition) is 26. The van der Waals surface area contributed by atoms with Crippen molar-refractivity contribution in [3.8, 4) is 68.9 Å². The molecular formula is C50H48N10O24. The molecule has 1 atom stereocenters. The zero-order valence-electron chi connectivity index (χ0n) is 43.0. The highest BCUT2D eigenvalue weighted by molar-refractivity contribution is 6.11. The van der Waals surface area contributed by atoms with Crippen molar-refractivity contribution in [2.75, 3.05) is 53.0 Å². The van der Waals surface area contributed by atoms with Gasteiger partial charge in [0.05, 0.1) is 32.6 Å².